The molecule has 0 bridgehead atoms. The van der Waals surface area contributed by atoms with E-state index in [1.807, 2.05) is 6.20 Å². The number of hydrogen-bond donors (Lipinski definition) is 2. The van der Waals surface area contributed by atoms with Crippen LogP contribution in [0.2, 0.25) is 0 Å². The lowest BCUT2D eigenvalue weighted by molar-refractivity contribution is 0.0405. The lowest BCUT2D eigenvalue weighted by Crippen LogP contribution is -2.43. The van der Waals surface area contributed by atoms with Crippen molar-refractivity contribution < 1.29 is 4.74 Å². The second kappa shape index (κ2) is 12.8. The second-order valence-electron chi connectivity index (χ2n) is 11.6. The SMILES string of the molecule is CC1=C(c2ccnnc2)C=C2CC/C(C)=C(NC(C)C/C=C\c3c[nH]c4ccccc34)/C=C(/N3CCOCC3)N2CC1. The predicted molar refractivity (Wildman–Crippen MR) is 171 cm³/mol. The molecule has 1 fully saturated rings. The van der Waals surface area contributed by atoms with Gasteiger partial charge in [-0.2, -0.15) is 10.2 Å². The molecular formula is C35H42N6O. The minimum absolute atomic E-state index is 0.298. The normalized spacial score (nSPS) is 22.3. The van der Waals surface area contributed by atoms with Gasteiger partial charge >= 0.3 is 0 Å². The quantitative estimate of drug-likeness (QED) is 0.336. The molecule has 5 heterocycles. The molecular weight excluding hydrogens is 520 g/mol. The summed E-state index contributed by atoms with van der Waals surface area (Å²) in [4.78, 5) is 8.44. The van der Waals surface area contributed by atoms with Gasteiger partial charge in [0.25, 0.3) is 0 Å². The van der Waals surface area contributed by atoms with E-state index in [0.717, 1.165) is 64.1 Å². The number of fused-ring (bicyclic) bond motifs is 2. The van der Waals surface area contributed by atoms with E-state index in [9.17, 15) is 0 Å². The Kier molecular flexibility index (Phi) is 8.56. The van der Waals surface area contributed by atoms with Gasteiger partial charge in [0, 0.05) is 65.8 Å². The fraction of sp³-hybridized carbons (Fsp3) is 0.371. The Hall–Kier alpha value is -4.10. The van der Waals surface area contributed by atoms with E-state index >= 15 is 0 Å². The summed E-state index contributed by atoms with van der Waals surface area (Å²) in [6, 6.07) is 10.8. The molecule has 0 saturated carbocycles. The highest BCUT2D eigenvalue weighted by atomic mass is 16.5. The summed E-state index contributed by atoms with van der Waals surface area (Å²) in [6.07, 6.45) is 19.0. The summed E-state index contributed by atoms with van der Waals surface area (Å²) >= 11 is 0. The van der Waals surface area contributed by atoms with Crippen molar-refractivity contribution in [3.63, 3.8) is 0 Å². The van der Waals surface area contributed by atoms with Crippen molar-refractivity contribution in [1.82, 2.24) is 30.3 Å². The van der Waals surface area contributed by atoms with Crippen LogP contribution >= 0.6 is 0 Å². The van der Waals surface area contributed by atoms with Crippen molar-refractivity contribution >= 4 is 22.6 Å². The van der Waals surface area contributed by atoms with Gasteiger partial charge in [0.15, 0.2) is 0 Å². The van der Waals surface area contributed by atoms with Gasteiger partial charge in [0.05, 0.1) is 25.6 Å². The number of rotatable bonds is 7. The van der Waals surface area contributed by atoms with Gasteiger partial charge in [0.1, 0.15) is 5.82 Å². The zero-order valence-corrected chi connectivity index (χ0v) is 25.1. The molecule has 3 aromatic rings. The number of nitrogens with one attached hydrogen (secondary N) is 2. The summed E-state index contributed by atoms with van der Waals surface area (Å²) in [7, 11) is 0. The number of H-pyrrole nitrogens is 1. The van der Waals surface area contributed by atoms with E-state index in [2.05, 4.69) is 112 Å². The second-order valence-corrected chi connectivity index (χ2v) is 11.6. The Bertz CT molecular complexity index is 1550. The molecule has 7 nitrogen and oxygen atoms in total. The van der Waals surface area contributed by atoms with Gasteiger partial charge in [-0.3, -0.25) is 0 Å². The molecule has 1 saturated heterocycles. The van der Waals surface area contributed by atoms with Gasteiger partial charge in [-0.15, -0.1) is 0 Å². The molecule has 0 radical (unpaired) electrons. The Morgan fingerprint density at radius 3 is 2.69 bits per heavy atom. The van der Waals surface area contributed by atoms with Crippen LogP contribution in [0.3, 0.4) is 0 Å². The zero-order valence-electron chi connectivity index (χ0n) is 25.1. The number of morpholine rings is 1. The fourth-order valence-electron chi connectivity index (χ4n) is 6.13. The third-order valence-corrected chi connectivity index (χ3v) is 8.63. The first-order valence-electron chi connectivity index (χ1n) is 15.2. The molecule has 42 heavy (non-hydrogen) atoms. The summed E-state index contributed by atoms with van der Waals surface area (Å²) in [5.74, 6) is 1.27. The van der Waals surface area contributed by atoms with Crippen molar-refractivity contribution in [3.8, 4) is 0 Å². The van der Waals surface area contributed by atoms with Crippen molar-refractivity contribution in [2.45, 2.75) is 52.5 Å². The zero-order chi connectivity index (χ0) is 28.9. The van der Waals surface area contributed by atoms with E-state index in [1.54, 1.807) is 6.20 Å². The van der Waals surface area contributed by atoms with Crippen LogP contribution in [0, 0.1) is 0 Å². The van der Waals surface area contributed by atoms with Crippen molar-refractivity contribution in [3.05, 3.63) is 107 Å². The highest BCUT2D eigenvalue weighted by Gasteiger charge is 2.27. The molecule has 218 valence electrons. The highest BCUT2D eigenvalue weighted by Crippen LogP contribution is 2.35. The maximum absolute atomic E-state index is 5.75. The summed E-state index contributed by atoms with van der Waals surface area (Å²) in [5, 5.41) is 13.3. The number of aromatic amines is 1. The Labute approximate surface area is 249 Å². The molecule has 0 amide bonds. The molecule has 0 aliphatic carbocycles. The van der Waals surface area contributed by atoms with Crippen molar-refractivity contribution in [2.24, 2.45) is 0 Å². The van der Waals surface area contributed by atoms with Crippen LogP contribution in [0.4, 0.5) is 0 Å². The van der Waals surface area contributed by atoms with E-state index in [4.69, 9.17) is 4.74 Å². The Balaban J connectivity index is 1.25. The maximum atomic E-state index is 5.75. The molecule has 1 atom stereocenters. The van der Waals surface area contributed by atoms with Crippen LogP contribution in [0.15, 0.2) is 95.5 Å². The molecule has 6 rings (SSSR count). The number of nitrogens with zero attached hydrogens (tertiary/aromatic N) is 4. The largest absolute Gasteiger partial charge is 0.382 e. The molecule has 2 N–H and O–H groups in total. The molecule has 2 aromatic heterocycles. The first kappa shape index (κ1) is 28.0. The number of para-hydroxylation sites is 1. The van der Waals surface area contributed by atoms with Crippen LogP contribution in [0.25, 0.3) is 22.6 Å². The Morgan fingerprint density at radius 1 is 1.00 bits per heavy atom. The van der Waals surface area contributed by atoms with Crippen LogP contribution in [0.5, 0.6) is 0 Å². The van der Waals surface area contributed by atoms with Gasteiger partial charge < -0.3 is 24.8 Å². The van der Waals surface area contributed by atoms with Crippen LogP contribution in [-0.2, 0) is 4.74 Å². The number of aromatic nitrogens is 3. The summed E-state index contributed by atoms with van der Waals surface area (Å²) < 4.78 is 5.75. The van der Waals surface area contributed by atoms with Crippen LogP contribution in [-0.4, -0.2) is 63.9 Å². The molecule has 3 aliphatic rings. The standard InChI is InChI=1S/C35H42N6O/c1-25-14-16-41-30(21-32(25)29-13-15-37-38-24-29)12-11-26(2)34(22-35(41)40-17-19-42-20-18-40)39-27(3)7-6-8-28-23-36-33-10-5-4-9-31(28)33/h4-6,8-10,13,15,21-24,27,36,39H,7,11-12,14,16-20H2,1-3H3/b8-6-,34-26-,35-22-. The van der Waals surface area contributed by atoms with Gasteiger partial charge in [-0.25, -0.2) is 0 Å². The lowest BCUT2D eigenvalue weighted by Gasteiger charge is -2.40. The molecule has 1 unspecified atom stereocenters. The number of hydrogen-bond acceptors (Lipinski definition) is 6. The fourth-order valence-corrected chi connectivity index (χ4v) is 6.13. The first-order chi connectivity index (χ1) is 20.6. The third kappa shape index (κ3) is 6.21. The number of ether oxygens (including phenoxy) is 1. The minimum atomic E-state index is 0.298. The maximum Gasteiger partial charge on any atom is 0.110 e. The minimum Gasteiger partial charge on any atom is -0.382 e. The summed E-state index contributed by atoms with van der Waals surface area (Å²) in [5.41, 5.74) is 10.2. The van der Waals surface area contributed by atoms with Gasteiger partial charge in [-0.1, -0.05) is 35.9 Å². The van der Waals surface area contributed by atoms with E-state index in [0.29, 0.717) is 6.04 Å². The monoisotopic (exact) mass is 562 g/mol. The smallest absolute Gasteiger partial charge is 0.110 e. The first-order valence-corrected chi connectivity index (χ1v) is 15.2. The average molecular weight is 563 g/mol. The lowest BCUT2D eigenvalue weighted by atomic mass is 9.99. The van der Waals surface area contributed by atoms with Crippen molar-refractivity contribution in [1.29, 1.82) is 0 Å². The van der Waals surface area contributed by atoms with Gasteiger partial charge in [-0.05, 0) is 81.4 Å². The van der Waals surface area contributed by atoms with E-state index in [-0.39, 0.29) is 0 Å². The van der Waals surface area contributed by atoms with Gasteiger partial charge in [0.2, 0.25) is 0 Å². The van der Waals surface area contributed by atoms with E-state index < -0.39 is 0 Å². The topological polar surface area (TPSA) is 69.3 Å². The van der Waals surface area contributed by atoms with Crippen LogP contribution in [0.1, 0.15) is 57.6 Å². The highest BCUT2D eigenvalue weighted by molar-refractivity contribution is 5.88. The molecule has 0 spiro atoms. The number of allylic oxidation sites excluding steroid dienone is 5. The molecule has 7 heteroatoms. The summed E-state index contributed by atoms with van der Waals surface area (Å²) in [6.45, 7) is 11.1. The van der Waals surface area contributed by atoms with E-state index in [1.165, 1.54) is 50.4 Å². The number of benzene rings is 1. The average Bonchev–Trinajstić information content (AvgIpc) is 3.35. The third-order valence-electron chi connectivity index (χ3n) is 8.63. The molecule has 1 aromatic carbocycles. The van der Waals surface area contributed by atoms with Crippen LogP contribution < -0.4 is 5.32 Å². The molecule has 3 aliphatic heterocycles. The van der Waals surface area contributed by atoms with Crippen molar-refractivity contribution in [2.75, 3.05) is 32.8 Å². The predicted octanol–water partition coefficient (Wildman–Crippen LogP) is 6.64. The Morgan fingerprint density at radius 2 is 1.86 bits per heavy atom.